The van der Waals surface area contributed by atoms with Crippen molar-refractivity contribution in [2.45, 2.75) is 0 Å². The van der Waals surface area contributed by atoms with E-state index in [2.05, 4.69) is 15.0 Å². The van der Waals surface area contributed by atoms with Crippen LogP contribution in [-0.4, -0.2) is 18.8 Å². The molecule has 1 aliphatic carbocycles. The summed E-state index contributed by atoms with van der Waals surface area (Å²) in [4.78, 5) is 18.3. The van der Waals surface area contributed by atoms with Gasteiger partial charge < -0.3 is 8.94 Å². The molecule has 1 aromatic rings. The highest BCUT2D eigenvalue weighted by Gasteiger charge is 2.27. The minimum Gasteiger partial charge on any atom is -0.453 e. The monoisotopic (exact) mass is 362 g/mol. The molecule has 0 N–H and O–H groups in total. The minimum atomic E-state index is -3.96. The molecule has 1 unspecified atom stereocenters. The van der Waals surface area contributed by atoms with Crippen LogP contribution in [0.3, 0.4) is 0 Å². The van der Waals surface area contributed by atoms with Gasteiger partial charge >= 0.3 is 7.82 Å². The number of aromatic nitrogens is 1. The molecule has 0 amide bonds. The van der Waals surface area contributed by atoms with Gasteiger partial charge in [-0.3, -0.25) is 13.8 Å². The van der Waals surface area contributed by atoms with Gasteiger partial charge in [0, 0.05) is 24.2 Å². The average Bonchev–Trinajstić information content (AvgIpc) is 2.60. The van der Waals surface area contributed by atoms with Gasteiger partial charge in [0.15, 0.2) is 16.8 Å². The number of phosphoric acid groups is 1. The Bertz CT molecular complexity index is 1040. The van der Waals surface area contributed by atoms with Crippen molar-refractivity contribution in [2.75, 3.05) is 13.8 Å². The van der Waals surface area contributed by atoms with E-state index in [9.17, 15) is 9.36 Å². The third-order valence-corrected chi connectivity index (χ3v) is 4.41. The Balaban J connectivity index is 1.96. The third-order valence-electron chi connectivity index (χ3n) is 3.10. The normalized spacial score (nSPS) is 13.3. The van der Waals surface area contributed by atoms with Crippen LogP contribution in [-0.2, 0) is 13.6 Å². The SMILES string of the molecule is COP(=O)(OCN=[N+]=[N-])Oc1ccc2nc3ccc(=O)cc-3oc2c1. The molecule has 11 heteroatoms. The molecule has 0 radical (unpaired) electrons. The summed E-state index contributed by atoms with van der Waals surface area (Å²) in [5.74, 6) is 0.438. The van der Waals surface area contributed by atoms with E-state index in [4.69, 9.17) is 23.5 Å². The van der Waals surface area contributed by atoms with Crippen LogP contribution in [0.5, 0.6) is 5.75 Å². The Morgan fingerprint density at radius 1 is 1.32 bits per heavy atom. The number of phosphoric ester groups is 1. The van der Waals surface area contributed by atoms with Gasteiger partial charge in [-0.25, -0.2) is 9.55 Å². The molecule has 0 saturated carbocycles. The summed E-state index contributed by atoms with van der Waals surface area (Å²) in [6, 6.07) is 8.80. The second kappa shape index (κ2) is 6.92. The first-order valence-electron chi connectivity index (χ1n) is 6.88. The highest BCUT2D eigenvalue weighted by Crippen LogP contribution is 2.49. The fraction of sp³-hybridized carbons (Fsp3) is 0.143. The molecule has 1 atom stereocenters. The first-order valence-corrected chi connectivity index (χ1v) is 8.34. The lowest BCUT2D eigenvalue weighted by Gasteiger charge is -2.15. The predicted molar refractivity (Wildman–Crippen MR) is 87.2 cm³/mol. The van der Waals surface area contributed by atoms with Crippen molar-refractivity contribution in [1.82, 2.24) is 4.98 Å². The molecule has 1 heterocycles. The molecule has 128 valence electrons. The van der Waals surface area contributed by atoms with Crippen LogP contribution < -0.4 is 9.95 Å². The molecule has 0 fully saturated rings. The van der Waals surface area contributed by atoms with Gasteiger partial charge in [-0.2, -0.15) is 0 Å². The molecule has 0 spiro atoms. The Morgan fingerprint density at radius 2 is 2.16 bits per heavy atom. The van der Waals surface area contributed by atoms with Gasteiger partial charge in [0.1, 0.15) is 23.7 Å². The Morgan fingerprint density at radius 3 is 2.92 bits per heavy atom. The Kier molecular flexibility index (Phi) is 4.69. The topological polar surface area (TPSA) is 137 Å². The zero-order valence-electron chi connectivity index (χ0n) is 12.9. The number of azide groups is 1. The van der Waals surface area contributed by atoms with Crippen molar-refractivity contribution >= 4 is 18.9 Å². The van der Waals surface area contributed by atoms with Crippen LogP contribution >= 0.6 is 7.82 Å². The lowest BCUT2D eigenvalue weighted by molar-refractivity contribution is 0.183. The summed E-state index contributed by atoms with van der Waals surface area (Å²) in [6.45, 7) is -0.516. The number of benzene rings is 2. The average molecular weight is 362 g/mol. The second-order valence-electron chi connectivity index (χ2n) is 4.68. The lowest BCUT2D eigenvalue weighted by Crippen LogP contribution is -2.01. The molecule has 10 nitrogen and oxygen atoms in total. The summed E-state index contributed by atoms with van der Waals surface area (Å²) in [5.41, 5.74) is 9.36. The highest BCUT2D eigenvalue weighted by atomic mass is 31.2. The molecule has 3 rings (SSSR count). The van der Waals surface area contributed by atoms with Crippen LogP contribution in [0, 0.1) is 0 Å². The number of nitrogens with zero attached hydrogens (tertiary/aromatic N) is 4. The van der Waals surface area contributed by atoms with E-state index in [-0.39, 0.29) is 11.2 Å². The summed E-state index contributed by atoms with van der Waals surface area (Å²) in [6.07, 6.45) is 0. The smallest absolute Gasteiger partial charge is 0.453 e. The summed E-state index contributed by atoms with van der Waals surface area (Å²) in [5, 5.41) is 3.11. The zero-order chi connectivity index (χ0) is 17.9. The first kappa shape index (κ1) is 16.9. The summed E-state index contributed by atoms with van der Waals surface area (Å²) in [7, 11) is -2.83. The predicted octanol–water partition coefficient (Wildman–Crippen LogP) is 3.71. The highest BCUT2D eigenvalue weighted by molar-refractivity contribution is 7.48. The van der Waals surface area contributed by atoms with E-state index in [1.165, 1.54) is 24.3 Å². The number of rotatable bonds is 6. The number of hydrogen-bond acceptors (Lipinski definition) is 8. The molecule has 0 saturated heterocycles. The van der Waals surface area contributed by atoms with Crippen molar-refractivity contribution in [2.24, 2.45) is 5.11 Å². The van der Waals surface area contributed by atoms with Gasteiger partial charge in [-0.15, -0.1) is 0 Å². The Hall–Kier alpha value is -2.90. The van der Waals surface area contributed by atoms with Gasteiger partial charge in [0.2, 0.25) is 0 Å². The fourth-order valence-electron chi connectivity index (χ4n) is 2.01. The van der Waals surface area contributed by atoms with Crippen molar-refractivity contribution in [1.29, 1.82) is 0 Å². The van der Waals surface area contributed by atoms with Crippen LogP contribution in [0.25, 0.3) is 33.0 Å². The second-order valence-corrected chi connectivity index (χ2v) is 6.38. The van der Waals surface area contributed by atoms with Crippen LogP contribution in [0.4, 0.5) is 0 Å². The molecule has 0 aromatic heterocycles. The zero-order valence-corrected chi connectivity index (χ0v) is 13.8. The molecular weight excluding hydrogens is 351 g/mol. The first-order chi connectivity index (χ1) is 12.0. The van der Waals surface area contributed by atoms with Crippen LogP contribution in [0.15, 0.2) is 50.7 Å². The molecule has 25 heavy (non-hydrogen) atoms. The maximum atomic E-state index is 12.3. The Labute approximate surface area is 140 Å². The van der Waals surface area contributed by atoms with Gasteiger partial charge in [-0.1, -0.05) is 5.11 Å². The van der Waals surface area contributed by atoms with E-state index in [1.807, 2.05) is 0 Å². The van der Waals surface area contributed by atoms with E-state index in [0.29, 0.717) is 22.6 Å². The molecule has 1 aromatic carbocycles. The quantitative estimate of drug-likeness (QED) is 0.214. The summed E-state index contributed by atoms with van der Waals surface area (Å²) >= 11 is 0. The van der Waals surface area contributed by atoms with Crippen molar-refractivity contribution < 1.29 is 22.6 Å². The van der Waals surface area contributed by atoms with Crippen molar-refractivity contribution in [3.05, 3.63) is 57.1 Å². The van der Waals surface area contributed by atoms with Gasteiger partial charge in [0.25, 0.3) is 0 Å². The maximum Gasteiger partial charge on any atom is 0.529 e. The van der Waals surface area contributed by atoms with Crippen molar-refractivity contribution in [3.8, 4) is 17.2 Å². The maximum absolute atomic E-state index is 12.3. The minimum absolute atomic E-state index is 0.127. The molecule has 1 aliphatic heterocycles. The van der Waals surface area contributed by atoms with E-state index in [1.54, 1.807) is 12.1 Å². The molecular formula is C14H11N4O6P. The summed E-state index contributed by atoms with van der Waals surface area (Å²) < 4.78 is 32.7. The van der Waals surface area contributed by atoms with Gasteiger partial charge in [-0.05, 0) is 29.8 Å². The van der Waals surface area contributed by atoms with Crippen molar-refractivity contribution in [3.63, 3.8) is 0 Å². The number of fused-ring (bicyclic) bond motifs is 2. The van der Waals surface area contributed by atoms with Crippen LogP contribution in [0.1, 0.15) is 0 Å². The molecule has 0 bridgehead atoms. The molecule has 2 aliphatic rings. The van der Waals surface area contributed by atoms with E-state index >= 15 is 0 Å². The fourth-order valence-corrected chi connectivity index (χ4v) is 2.81. The van der Waals surface area contributed by atoms with Gasteiger partial charge in [0.05, 0.1) is 0 Å². The van der Waals surface area contributed by atoms with E-state index < -0.39 is 14.6 Å². The van der Waals surface area contributed by atoms with Crippen LogP contribution in [0.2, 0.25) is 0 Å². The lowest BCUT2D eigenvalue weighted by atomic mass is 10.2. The number of hydrogen-bond donors (Lipinski definition) is 0. The third kappa shape index (κ3) is 3.78. The van der Waals surface area contributed by atoms with E-state index in [0.717, 1.165) is 7.11 Å². The standard InChI is InChI=1S/C14H11N4O6P/c1-21-25(20,22-8-16-18-15)24-10-3-5-12-14(7-10)23-13-6-9(19)2-4-11(13)17-12/h2-7H,8H2,1H3. The largest absolute Gasteiger partial charge is 0.529 e.